The summed E-state index contributed by atoms with van der Waals surface area (Å²) in [6.07, 6.45) is 0.952. The fourth-order valence-corrected chi connectivity index (χ4v) is 4.47. The monoisotopic (exact) mass is 464 g/mol. The number of halogens is 1. The second-order valence-electron chi connectivity index (χ2n) is 9.03. The van der Waals surface area contributed by atoms with E-state index in [0.29, 0.717) is 52.9 Å². The lowest BCUT2D eigenvalue weighted by atomic mass is 9.70. The van der Waals surface area contributed by atoms with Crippen molar-refractivity contribution in [2.45, 2.75) is 39.2 Å². The number of methoxy groups -OCH3 is 1. The van der Waals surface area contributed by atoms with Gasteiger partial charge in [-0.2, -0.15) is 5.26 Å². The van der Waals surface area contributed by atoms with Crippen molar-refractivity contribution in [3.63, 3.8) is 0 Å². The van der Waals surface area contributed by atoms with Gasteiger partial charge >= 0.3 is 0 Å². The van der Waals surface area contributed by atoms with Crippen molar-refractivity contribution < 1.29 is 19.0 Å². The van der Waals surface area contributed by atoms with E-state index in [9.17, 15) is 10.1 Å². The zero-order chi connectivity index (χ0) is 23.8. The third-order valence-corrected chi connectivity index (χ3v) is 6.16. The van der Waals surface area contributed by atoms with Crippen molar-refractivity contribution in [3.8, 4) is 17.6 Å². The van der Waals surface area contributed by atoms with Crippen molar-refractivity contribution in [3.05, 3.63) is 81.4 Å². The summed E-state index contributed by atoms with van der Waals surface area (Å²) in [5.41, 5.74) is 8.27. The molecule has 1 atom stereocenters. The molecule has 0 bridgehead atoms. The fraction of sp³-hybridized carbons (Fsp3) is 0.308. The summed E-state index contributed by atoms with van der Waals surface area (Å²) in [4.78, 5) is 13.1. The number of rotatable bonds is 5. The average Bonchev–Trinajstić information content (AvgIpc) is 2.77. The number of carbonyl (C=O) groups is 1. The molecule has 1 aliphatic carbocycles. The molecule has 4 rings (SSSR count). The van der Waals surface area contributed by atoms with E-state index in [1.807, 2.05) is 32.0 Å². The second-order valence-corrected chi connectivity index (χ2v) is 9.46. The molecule has 1 aliphatic heterocycles. The maximum absolute atomic E-state index is 13.1. The first-order valence-electron chi connectivity index (χ1n) is 10.6. The molecule has 2 N–H and O–H groups in total. The number of nitriles is 1. The molecule has 2 aliphatic rings. The Labute approximate surface area is 198 Å². The van der Waals surface area contributed by atoms with Crippen molar-refractivity contribution >= 4 is 17.4 Å². The highest BCUT2D eigenvalue weighted by Gasteiger charge is 2.43. The van der Waals surface area contributed by atoms with E-state index in [0.717, 1.165) is 5.56 Å². The molecule has 2 aromatic rings. The smallest absolute Gasteiger partial charge is 0.205 e. The summed E-state index contributed by atoms with van der Waals surface area (Å²) >= 11 is 5.94. The lowest BCUT2D eigenvalue weighted by molar-refractivity contribution is -0.119. The Kier molecular flexibility index (Phi) is 6.09. The molecular formula is C26H25ClN2O4. The third-order valence-electron chi connectivity index (χ3n) is 5.90. The number of ketones is 1. The van der Waals surface area contributed by atoms with Crippen LogP contribution in [0, 0.1) is 16.7 Å². The van der Waals surface area contributed by atoms with Gasteiger partial charge in [-0.15, -0.1) is 0 Å². The van der Waals surface area contributed by atoms with E-state index in [-0.39, 0.29) is 22.7 Å². The Bertz CT molecular complexity index is 1210. The topological polar surface area (TPSA) is 94.6 Å². The first-order chi connectivity index (χ1) is 15.7. The average molecular weight is 465 g/mol. The highest BCUT2D eigenvalue weighted by Crippen LogP contribution is 2.48. The molecule has 0 aromatic heterocycles. The summed E-state index contributed by atoms with van der Waals surface area (Å²) in [5.74, 6) is 0.974. The first kappa shape index (κ1) is 22.8. The van der Waals surface area contributed by atoms with Gasteiger partial charge in [-0.3, -0.25) is 4.79 Å². The zero-order valence-corrected chi connectivity index (χ0v) is 19.5. The van der Waals surface area contributed by atoms with E-state index < -0.39 is 5.92 Å². The van der Waals surface area contributed by atoms with E-state index in [2.05, 4.69) is 6.07 Å². The number of hydrogen-bond donors (Lipinski definition) is 1. The minimum absolute atomic E-state index is 0.0338. The molecule has 1 heterocycles. The Morgan fingerprint density at radius 2 is 1.91 bits per heavy atom. The SMILES string of the molecule is COc1cc([C@@H]2C(C#N)=C(N)OC3=C2C(=O)CC(C)(C)C3)ccc1OCc1ccc(Cl)cc1. The number of nitrogens with zero attached hydrogens (tertiary/aromatic N) is 1. The summed E-state index contributed by atoms with van der Waals surface area (Å²) in [6, 6.07) is 14.9. The van der Waals surface area contributed by atoms with Gasteiger partial charge in [-0.25, -0.2) is 0 Å². The quantitative estimate of drug-likeness (QED) is 0.638. The van der Waals surface area contributed by atoms with E-state index in [1.165, 1.54) is 0 Å². The largest absolute Gasteiger partial charge is 0.493 e. The molecule has 6 nitrogen and oxygen atoms in total. The fourth-order valence-electron chi connectivity index (χ4n) is 4.34. The number of hydrogen-bond acceptors (Lipinski definition) is 6. The van der Waals surface area contributed by atoms with Crippen LogP contribution in [0.3, 0.4) is 0 Å². The Balaban J connectivity index is 1.69. The van der Waals surface area contributed by atoms with Gasteiger partial charge in [0.05, 0.1) is 13.0 Å². The summed E-state index contributed by atoms with van der Waals surface area (Å²) in [6.45, 7) is 4.37. The molecule has 33 heavy (non-hydrogen) atoms. The van der Waals surface area contributed by atoms with Gasteiger partial charge in [0, 0.05) is 23.4 Å². The standard InChI is InChI=1S/C26H25ClN2O4/c1-26(2)11-19(30)24-22(12-26)33-25(29)18(13-28)23(24)16-6-9-20(21(10-16)31-3)32-14-15-4-7-17(27)8-5-15/h4-10,23H,11-12,14,29H2,1-3H3/t23-/m1/s1. The van der Waals surface area contributed by atoms with E-state index in [4.69, 9.17) is 31.5 Å². The summed E-state index contributed by atoms with van der Waals surface area (Å²) in [5, 5.41) is 10.5. The Morgan fingerprint density at radius 1 is 1.18 bits per heavy atom. The van der Waals surface area contributed by atoms with Gasteiger partial charge in [0.1, 0.15) is 24.0 Å². The van der Waals surface area contributed by atoms with Crippen LogP contribution < -0.4 is 15.2 Å². The molecule has 2 aromatic carbocycles. The van der Waals surface area contributed by atoms with Crippen LogP contribution in [-0.2, 0) is 16.1 Å². The second kappa shape index (κ2) is 8.84. The molecule has 0 spiro atoms. The van der Waals surface area contributed by atoms with Gasteiger partial charge in [-0.05, 0) is 40.8 Å². The maximum Gasteiger partial charge on any atom is 0.205 e. The molecule has 7 heteroatoms. The normalized spacial score (nSPS) is 19.5. The van der Waals surface area contributed by atoms with Crippen LogP contribution >= 0.6 is 11.6 Å². The zero-order valence-electron chi connectivity index (χ0n) is 18.8. The van der Waals surface area contributed by atoms with Crippen LogP contribution in [0.1, 0.15) is 43.7 Å². The first-order valence-corrected chi connectivity index (χ1v) is 11.0. The van der Waals surface area contributed by atoms with Crippen molar-refractivity contribution in [2.24, 2.45) is 11.1 Å². The number of allylic oxidation sites excluding steroid dienone is 3. The van der Waals surface area contributed by atoms with Gasteiger partial charge < -0.3 is 19.9 Å². The summed E-state index contributed by atoms with van der Waals surface area (Å²) < 4.78 is 17.3. The van der Waals surface area contributed by atoms with Crippen LogP contribution in [0.5, 0.6) is 11.5 Å². The molecule has 0 saturated heterocycles. The van der Waals surface area contributed by atoms with Crippen molar-refractivity contribution in [1.29, 1.82) is 5.26 Å². The maximum atomic E-state index is 13.1. The highest BCUT2D eigenvalue weighted by atomic mass is 35.5. The van der Waals surface area contributed by atoms with E-state index in [1.54, 1.807) is 31.4 Å². The predicted molar refractivity (Wildman–Crippen MR) is 124 cm³/mol. The van der Waals surface area contributed by atoms with Crippen molar-refractivity contribution in [2.75, 3.05) is 7.11 Å². The molecule has 0 amide bonds. The number of ether oxygens (including phenoxy) is 3. The number of benzene rings is 2. The molecule has 0 fully saturated rings. The van der Waals surface area contributed by atoms with Crippen LogP contribution in [0.15, 0.2) is 65.3 Å². The lowest BCUT2D eigenvalue weighted by Gasteiger charge is -2.37. The van der Waals surface area contributed by atoms with Crippen LogP contribution in [0.2, 0.25) is 5.02 Å². The van der Waals surface area contributed by atoms with Crippen molar-refractivity contribution in [1.82, 2.24) is 0 Å². The number of carbonyl (C=O) groups excluding carboxylic acids is 1. The molecule has 0 saturated carbocycles. The predicted octanol–water partition coefficient (Wildman–Crippen LogP) is 5.38. The minimum Gasteiger partial charge on any atom is -0.493 e. The molecule has 170 valence electrons. The lowest BCUT2D eigenvalue weighted by Crippen LogP contribution is -2.33. The Hall–Kier alpha value is -3.43. The van der Waals surface area contributed by atoms with Gasteiger partial charge in [0.15, 0.2) is 17.3 Å². The molecular weight excluding hydrogens is 440 g/mol. The summed E-state index contributed by atoms with van der Waals surface area (Å²) in [7, 11) is 1.55. The van der Waals surface area contributed by atoms with Gasteiger partial charge in [0.25, 0.3) is 0 Å². The van der Waals surface area contributed by atoms with Gasteiger partial charge in [0.2, 0.25) is 5.88 Å². The van der Waals surface area contributed by atoms with Gasteiger partial charge in [-0.1, -0.05) is 43.6 Å². The highest BCUT2D eigenvalue weighted by molar-refractivity contribution is 6.30. The van der Waals surface area contributed by atoms with Crippen LogP contribution in [0.25, 0.3) is 0 Å². The molecule has 0 unspecified atom stereocenters. The molecule has 0 radical (unpaired) electrons. The number of nitrogens with two attached hydrogens (primary N) is 1. The van der Waals surface area contributed by atoms with E-state index >= 15 is 0 Å². The number of Topliss-reactive ketones (excluding diaryl/α,β-unsaturated/α-hetero) is 1. The van der Waals surface area contributed by atoms with Crippen LogP contribution in [0.4, 0.5) is 0 Å². The minimum atomic E-state index is -0.610. The third kappa shape index (κ3) is 4.55. The van der Waals surface area contributed by atoms with Crippen LogP contribution in [-0.4, -0.2) is 12.9 Å². The Morgan fingerprint density at radius 3 is 2.58 bits per heavy atom.